The summed E-state index contributed by atoms with van der Waals surface area (Å²) in [6, 6.07) is 9.77. The molecule has 142 valence electrons. The second-order valence-electron chi connectivity index (χ2n) is 6.51. The number of Topliss-reactive ketones (excluding diaryl/α,β-unsaturated/α-hetero) is 2. The van der Waals surface area contributed by atoms with Crippen molar-refractivity contribution in [3.8, 4) is 0 Å². The van der Waals surface area contributed by atoms with Gasteiger partial charge in [0.05, 0.1) is 12.2 Å². The molecule has 1 aromatic rings. The Bertz CT molecular complexity index is 608. The maximum absolute atomic E-state index is 12.5. The molecule has 0 spiro atoms. The number of hydrogen-bond donors (Lipinski definition) is 4. The lowest BCUT2D eigenvalue weighted by Gasteiger charge is -2.24. The number of carbonyl (C=O) groups is 2. The Morgan fingerprint density at radius 2 is 1.54 bits per heavy atom. The minimum atomic E-state index is -0.0683. The molecule has 0 heterocycles. The van der Waals surface area contributed by atoms with Gasteiger partial charge in [0, 0.05) is 51.3 Å². The maximum Gasteiger partial charge on any atom is 0.168 e. The molecule has 0 amide bonds. The SMILES string of the molecule is CC(NCCNCCNCCO)=C1C(=O)CC(c2ccccc2)CC1=O. The highest BCUT2D eigenvalue weighted by atomic mass is 16.3. The minimum Gasteiger partial charge on any atom is -0.395 e. The van der Waals surface area contributed by atoms with Crippen LogP contribution in [0.4, 0.5) is 0 Å². The molecule has 6 heteroatoms. The van der Waals surface area contributed by atoms with Gasteiger partial charge >= 0.3 is 0 Å². The molecule has 0 atom stereocenters. The maximum atomic E-state index is 12.5. The van der Waals surface area contributed by atoms with Gasteiger partial charge in [-0.1, -0.05) is 30.3 Å². The number of rotatable bonds is 10. The third-order valence-corrected chi connectivity index (χ3v) is 4.53. The summed E-state index contributed by atoms with van der Waals surface area (Å²) < 4.78 is 0. The van der Waals surface area contributed by atoms with E-state index in [4.69, 9.17) is 5.11 Å². The molecule has 0 aromatic heterocycles. The molecule has 0 radical (unpaired) electrons. The molecule has 0 bridgehead atoms. The van der Waals surface area contributed by atoms with Crippen molar-refractivity contribution in [3.05, 3.63) is 47.2 Å². The van der Waals surface area contributed by atoms with Gasteiger partial charge in [-0.25, -0.2) is 0 Å². The summed E-state index contributed by atoms with van der Waals surface area (Å²) in [5.74, 6) is -0.150. The first-order valence-corrected chi connectivity index (χ1v) is 9.22. The number of hydrogen-bond acceptors (Lipinski definition) is 6. The number of aliphatic hydroxyl groups is 1. The van der Waals surface area contributed by atoms with Crippen LogP contribution in [0, 0.1) is 0 Å². The van der Waals surface area contributed by atoms with Gasteiger partial charge in [-0.2, -0.15) is 0 Å². The van der Waals surface area contributed by atoms with E-state index in [0.717, 1.165) is 25.2 Å². The van der Waals surface area contributed by atoms with E-state index in [9.17, 15) is 9.59 Å². The molecule has 1 aliphatic rings. The number of ketones is 2. The first kappa shape index (κ1) is 20.3. The van der Waals surface area contributed by atoms with Crippen molar-refractivity contribution in [3.63, 3.8) is 0 Å². The zero-order valence-electron chi connectivity index (χ0n) is 15.4. The predicted molar refractivity (Wildman–Crippen MR) is 102 cm³/mol. The van der Waals surface area contributed by atoms with Crippen molar-refractivity contribution in [1.29, 1.82) is 0 Å². The lowest BCUT2D eigenvalue weighted by Crippen LogP contribution is -2.34. The Balaban J connectivity index is 1.80. The highest BCUT2D eigenvalue weighted by Crippen LogP contribution is 2.32. The van der Waals surface area contributed by atoms with Gasteiger partial charge in [0.1, 0.15) is 0 Å². The Morgan fingerprint density at radius 1 is 0.962 bits per heavy atom. The first-order valence-electron chi connectivity index (χ1n) is 9.22. The van der Waals surface area contributed by atoms with Crippen LogP contribution in [0.15, 0.2) is 41.6 Å². The third-order valence-electron chi connectivity index (χ3n) is 4.53. The molecule has 1 saturated carbocycles. The molecule has 1 aromatic carbocycles. The minimum absolute atomic E-state index is 0.0131. The van der Waals surface area contributed by atoms with E-state index in [0.29, 0.717) is 37.2 Å². The van der Waals surface area contributed by atoms with Gasteiger partial charge in [-0.3, -0.25) is 9.59 Å². The summed E-state index contributed by atoms with van der Waals surface area (Å²) in [6.07, 6.45) is 0.776. The predicted octanol–water partition coefficient (Wildman–Crippen LogP) is 0.737. The topological polar surface area (TPSA) is 90.5 Å². The van der Waals surface area contributed by atoms with Gasteiger partial charge < -0.3 is 21.1 Å². The van der Waals surface area contributed by atoms with E-state index in [1.54, 1.807) is 6.92 Å². The summed E-state index contributed by atoms with van der Waals surface area (Å²) in [7, 11) is 0. The molecule has 1 fully saturated rings. The van der Waals surface area contributed by atoms with Gasteiger partial charge in [0.2, 0.25) is 0 Å². The molecule has 0 saturated heterocycles. The van der Waals surface area contributed by atoms with E-state index in [1.165, 1.54) is 0 Å². The van der Waals surface area contributed by atoms with Crippen molar-refractivity contribution < 1.29 is 14.7 Å². The Labute approximate surface area is 155 Å². The van der Waals surface area contributed by atoms with Crippen LogP contribution < -0.4 is 16.0 Å². The molecule has 0 unspecified atom stereocenters. The Morgan fingerprint density at radius 3 is 2.15 bits per heavy atom. The standard InChI is InChI=1S/C20H29N3O3/c1-15(23-10-9-21-7-8-22-11-12-24)20-18(25)13-17(14-19(20)26)16-5-3-2-4-6-16/h2-6,17,21-24H,7-14H2,1H3. The molecular formula is C20H29N3O3. The second-order valence-corrected chi connectivity index (χ2v) is 6.51. The van der Waals surface area contributed by atoms with Crippen molar-refractivity contribution in [2.24, 2.45) is 0 Å². The number of benzene rings is 1. The fourth-order valence-corrected chi connectivity index (χ4v) is 3.19. The molecule has 4 N–H and O–H groups in total. The molecule has 2 rings (SSSR count). The number of allylic oxidation sites excluding steroid dienone is 2. The highest BCUT2D eigenvalue weighted by molar-refractivity contribution is 6.22. The van der Waals surface area contributed by atoms with Crippen LogP contribution in [-0.2, 0) is 9.59 Å². The van der Waals surface area contributed by atoms with E-state index >= 15 is 0 Å². The van der Waals surface area contributed by atoms with Crippen LogP contribution in [0.25, 0.3) is 0 Å². The quantitative estimate of drug-likeness (QED) is 0.280. The molecule has 0 aliphatic heterocycles. The van der Waals surface area contributed by atoms with Gasteiger partial charge in [-0.05, 0) is 18.4 Å². The van der Waals surface area contributed by atoms with Gasteiger partial charge in [0.25, 0.3) is 0 Å². The van der Waals surface area contributed by atoms with Crippen LogP contribution in [-0.4, -0.2) is 56.0 Å². The summed E-state index contributed by atoms with van der Waals surface area (Å²) in [5, 5.41) is 18.2. The third kappa shape index (κ3) is 6.05. The molecule has 6 nitrogen and oxygen atoms in total. The highest BCUT2D eigenvalue weighted by Gasteiger charge is 2.32. The van der Waals surface area contributed by atoms with E-state index < -0.39 is 0 Å². The average Bonchev–Trinajstić information content (AvgIpc) is 2.64. The number of nitrogens with one attached hydrogen (secondary N) is 3. The molecule has 26 heavy (non-hydrogen) atoms. The van der Waals surface area contributed by atoms with Gasteiger partial charge in [-0.15, -0.1) is 0 Å². The van der Waals surface area contributed by atoms with Crippen LogP contribution in [0.2, 0.25) is 0 Å². The first-order chi connectivity index (χ1) is 12.6. The zero-order chi connectivity index (χ0) is 18.8. The van der Waals surface area contributed by atoms with Crippen molar-refractivity contribution >= 4 is 11.6 Å². The van der Waals surface area contributed by atoms with E-state index in [-0.39, 0.29) is 24.1 Å². The summed E-state index contributed by atoms with van der Waals surface area (Å²) in [6.45, 7) is 5.52. The van der Waals surface area contributed by atoms with Crippen LogP contribution in [0.3, 0.4) is 0 Å². The Kier molecular flexibility index (Phi) is 8.47. The van der Waals surface area contributed by atoms with Crippen LogP contribution in [0.5, 0.6) is 0 Å². The number of aliphatic hydroxyl groups excluding tert-OH is 1. The Hall–Kier alpha value is -2.02. The smallest absolute Gasteiger partial charge is 0.168 e. The summed E-state index contributed by atoms with van der Waals surface area (Å²) in [4.78, 5) is 25.0. The number of carbonyl (C=O) groups excluding carboxylic acids is 2. The van der Waals surface area contributed by atoms with Crippen LogP contribution >= 0.6 is 0 Å². The van der Waals surface area contributed by atoms with Crippen LogP contribution in [0.1, 0.15) is 31.2 Å². The van der Waals surface area contributed by atoms with Gasteiger partial charge in [0.15, 0.2) is 11.6 Å². The van der Waals surface area contributed by atoms with E-state index in [1.807, 2.05) is 30.3 Å². The fraction of sp³-hybridized carbons (Fsp3) is 0.500. The lowest BCUT2D eigenvalue weighted by atomic mass is 9.79. The summed E-state index contributed by atoms with van der Waals surface area (Å²) >= 11 is 0. The average molecular weight is 359 g/mol. The largest absolute Gasteiger partial charge is 0.395 e. The zero-order valence-corrected chi connectivity index (χ0v) is 15.4. The molecular weight excluding hydrogens is 330 g/mol. The van der Waals surface area contributed by atoms with E-state index in [2.05, 4.69) is 16.0 Å². The fourth-order valence-electron chi connectivity index (χ4n) is 3.19. The lowest BCUT2D eigenvalue weighted by molar-refractivity contribution is -0.124. The monoisotopic (exact) mass is 359 g/mol. The van der Waals surface area contributed by atoms with Crippen molar-refractivity contribution in [2.45, 2.75) is 25.7 Å². The second kappa shape index (κ2) is 10.9. The summed E-state index contributed by atoms with van der Waals surface area (Å²) in [5.41, 5.74) is 2.06. The molecule has 1 aliphatic carbocycles. The van der Waals surface area contributed by atoms with Crippen molar-refractivity contribution in [2.75, 3.05) is 39.3 Å². The van der Waals surface area contributed by atoms with Crippen molar-refractivity contribution in [1.82, 2.24) is 16.0 Å². The normalized spacial score (nSPS) is 17.5.